The van der Waals surface area contributed by atoms with Gasteiger partial charge in [0.05, 0.1) is 3.79 Å². The lowest BCUT2D eigenvalue weighted by Gasteiger charge is -2.41. The number of nitrogens with zero attached hydrogens (tertiary/aromatic N) is 1. The molecule has 0 amide bonds. The molecule has 2 nitrogen and oxygen atoms in total. The first-order valence-electron chi connectivity index (χ1n) is 7.88. The van der Waals surface area contributed by atoms with Crippen LogP contribution in [0.2, 0.25) is 0 Å². The van der Waals surface area contributed by atoms with Gasteiger partial charge in [-0.15, -0.1) is 11.3 Å². The highest BCUT2D eigenvalue weighted by Crippen LogP contribution is 2.32. The predicted molar refractivity (Wildman–Crippen MR) is 90.3 cm³/mol. The van der Waals surface area contributed by atoms with E-state index in [0.29, 0.717) is 6.04 Å². The van der Waals surface area contributed by atoms with Gasteiger partial charge in [-0.1, -0.05) is 12.8 Å². The quantitative estimate of drug-likeness (QED) is 0.867. The van der Waals surface area contributed by atoms with E-state index >= 15 is 0 Å². The van der Waals surface area contributed by atoms with E-state index < -0.39 is 0 Å². The summed E-state index contributed by atoms with van der Waals surface area (Å²) >= 11 is 5.33. The summed E-state index contributed by atoms with van der Waals surface area (Å²) in [5, 5.41) is 6.18. The maximum atomic E-state index is 3.93. The van der Waals surface area contributed by atoms with E-state index in [1.165, 1.54) is 54.4 Å². The lowest BCUT2D eigenvalue weighted by atomic mass is 9.78. The third kappa shape index (κ3) is 3.85. The molecule has 2 heterocycles. The van der Waals surface area contributed by atoms with Crippen LogP contribution >= 0.6 is 27.3 Å². The maximum Gasteiger partial charge on any atom is 0.0701 e. The van der Waals surface area contributed by atoms with Crippen LogP contribution in [0.15, 0.2) is 15.2 Å². The van der Waals surface area contributed by atoms with Crippen molar-refractivity contribution in [3.8, 4) is 0 Å². The number of halogens is 1. The van der Waals surface area contributed by atoms with E-state index in [-0.39, 0.29) is 0 Å². The number of hydrogen-bond acceptors (Lipinski definition) is 3. The summed E-state index contributed by atoms with van der Waals surface area (Å²) in [5.74, 6) is 0.970. The summed E-state index contributed by atoms with van der Waals surface area (Å²) < 4.78 is 1.24. The number of likely N-dealkylation sites (N-methyl/N-ethyl adjacent to an activating group) is 1. The Morgan fingerprint density at radius 2 is 2.15 bits per heavy atom. The van der Waals surface area contributed by atoms with Gasteiger partial charge in [-0.3, -0.25) is 0 Å². The lowest BCUT2D eigenvalue weighted by Crippen LogP contribution is -2.52. The Kier molecular flexibility index (Phi) is 5.18. The molecule has 2 fully saturated rings. The molecule has 0 spiro atoms. The molecule has 1 aliphatic carbocycles. The molecule has 3 rings (SSSR count). The van der Waals surface area contributed by atoms with Gasteiger partial charge in [-0.05, 0) is 71.6 Å². The van der Waals surface area contributed by atoms with Crippen molar-refractivity contribution in [2.45, 2.75) is 57.2 Å². The minimum absolute atomic E-state index is 0.696. The fourth-order valence-corrected chi connectivity index (χ4v) is 5.10. The van der Waals surface area contributed by atoms with Crippen LogP contribution < -0.4 is 5.32 Å². The average Bonchev–Trinajstić information content (AvgIpc) is 2.83. The molecule has 0 aromatic carbocycles. The zero-order valence-electron chi connectivity index (χ0n) is 12.3. The summed E-state index contributed by atoms with van der Waals surface area (Å²) in [6, 6.07) is 3.75. The van der Waals surface area contributed by atoms with Gasteiger partial charge < -0.3 is 10.2 Å². The summed E-state index contributed by atoms with van der Waals surface area (Å²) in [6.07, 6.45) is 8.56. The molecule has 1 N–H and O–H groups in total. The molecule has 0 bridgehead atoms. The van der Waals surface area contributed by atoms with E-state index in [1.807, 2.05) is 0 Å². The number of rotatable bonds is 4. The molecule has 4 heteroatoms. The van der Waals surface area contributed by atoms with Crippen molar-refractivity contribution in [2.75, 3.05) is 13.6 Å². The van der Waals surface area contributed by atoms with Crippen LogP contribution in [0.1, 0.15) is 44.1 Å². The lowest BCUT2D eigenvalue weighted by molar-refractivity contribution is 0.151. The molecule has 2 aliphatic rings. The highest BCUT2D eigenvalue weighted by atomic mass is 79.9. The van der Waals surface area contributed by atoms with Crippen molar-refractivity contribution in [1.82, 2.24) is 10.2 Å². The Bertz CT molecular complexity index is 434. The Hall–Kier alpha value is 0.1000. The molecule has 1 saturated carbocycles. The molecule has 1 saturated heterocycles. The first-order chi connectivity index (χ1) is 9.70. The standard InChI is InChI=1S/C16H25BrN2S/c1-19(9-12-8-16(17)20-11-12)10-14-7-6-13-4-2-3-5-15(13)18-14/h8,11,13-15,18H,2-7,9-10H2,1H3. The minimum atomic E-state index is 0.696. The second kappa shape index (κ2) is 6.91. The summed E-state index contributed by atoms with van der Waals surface area (Å²) in [4.78, 5) is 2.47. The van der Waals surface area contributed by atoms with Gasteiger partial charge >= 0.3 is 0 Å². The summed E-state index contributed by atoms with van der Waals surface area (Å²) in [6.45, 7) is 2.24. The van der Waals surface area contributed by atoms with Gasteiger partial charge in [-0.25, -0.2) is 0 Å². The van der Waals surface area contributed by atoms with Crippen LogP contribution in [0.25, 0.3) is 0 Å². The Labute approximate surface area is 135 Å². The van der Waals surface area contributed by atoms with Crippen molar-refractivity contribution in [2.24, 2.45) is 5.92 Å². The maximum absolute atomic E-state index is 3.93. The highest BCUT2D eigenvalue weighted by Gasteiger charge is 2.31. The molecule has 20 heavy (non-hydrogen) atoms. The number of nitrogens with one attached hydrogen (secondary N) is 1. The third-order valence-corrected chi connectivity index (χ3v) is 6.40. The van der Waals surface area contributed by atoms with Crippen molar-refractivity contribution in [3.63, 3.8) is 0 Å². The molecule has 3 atom stereocenters. The van der Waals surface area contributed by atoms with Crippen molar-refractivity contribution in [3.05, 3.63) is 20.8 Å². The van der Waals surface area contributed by atoms with Gasteiger partial charge in [0.15, 0.2) is 0 Å². The molecule has 1 aliphatic heterocycles. The number of piperidine rings is 1. The minimum Gasteiger partial charge on any atom is -0.310 e. The fraction of sp³-hybridized carbons (Fsp3) is 0.750. The average molecular weight is 357 g/mol. The first kappa shape index (κ1) is 15.0. The van der Waals surface area contributed by atoms with Crippen LogP contribution in [0, 0.1) is 5.92 Å². The van der Waals surface area contributed by atoms with Crippen LogP contribution in [-0.4, -0.2) is 30.6 Å². The number of thiophene rings is 1. The molecular weight excluding hydrogens is 332 g/mol. The van der Waals surface area contributed by atoms with Gasteiger partial charge in [-0.2, -0.15) is 0 Å². The third-order valence-electron chi connectivity index (χ3n) is 4.85. The van der Waals surface area contributed by atoms with E-state index in [9.17, 15) is 0 Å². The van der Waals surface area contributed by atoms with Crippen molar-refractivity contribution in [1.29, 1.82) is 0 Å². The molecule has 3 unspecified atom stereocenters. The smallest absolute Gasteiger partial charge is 0.0701 e. The molecule has 1 aromatic heterocycles. The van der Waals surface area contributed by atoms with E-state index in [2.05, 4.69) is 44.6 Å². The molecule has 112 valence electrons. The second-order valence-corrected chi connectivity index (χ2v) is 8.84. The first-order valence-corrected chi connectivity index (χ1v) is 9.55. The highest BCUT2D eigenvalue weighted by molar-refractivity contribution is 9.11. The van der Waals surface area contributed by atoms with Gasteiger partial charge in [0.1, 0.15) is 0 Å². The van der Waals surface area contributed by atoms with Crippen molar-refractivity contribution >= 4 is 27.3 Å². The van der Waals surface area contributed by atoms with Gasteiger partial charge in [0, 0.05) is 25.2 Å². The second-order valence-electron chi connectivity index (χ2n) is 6.55. The van der Waals surface area contributed by atoms with Crippen LogP contribution in [0.4, 0.5) is 0 Å². The van der Waals surface area contributed by atoms with Gasteiger partial charge in [0.2, 0.25) is 0 Å². The number of fused-ring (bicyclic) bond motifs is 1. The molecule has 0 radical (unpaired) electrons. The largest absolute Gasteiger partial charge is 0.310 e. The fourth-order valence-electron chi connectivity index (χ4n) is 3.90. The van der Waals surface area contributed by atoms with Gasteiger partial charge in [0.25, 0.3) is 0 Å². The van der Waals surface area contributed by atoms with Crippen LogP contribution in [0.3, 0.4) is 0 Å². The van der Waals surface area contributed by atoms with Crippen LogP contribution in [-0.2, 0) is 6.54 Å². The zero-order chi connectivity index (χ0) is 13.9. The Balaban J connectivity index is 1.48. The zero-order valence-corrected chi connectivity index (χ0v) is 14.7. The molecular formula is C16H25BrN2S. The van der Waals surface area contributed by atoms with E-state index in [4.69, 9.17) is 0 Å². The summed E-state index contributed by atoms with van der Waals surface area (Å²) in [5.41, 5.74) is 1.43. The molecule has 1 aromatic rings. The topological polar surface area (TPSA) is 15.3 Å². The predicted octanol–water partition coefficient (Wildman–Crippen LogP) is 4.25. The van der Waals surface area contributed by atoms with E-state index in [0.717, 1.165) is 18.5 Å². The summed E-state index contributed by atoms with van der Waals surface area (Å²) in [7, 11) is 2.25. The number of hydrogen-bond donors (Lipinski definition) is 1. The normalized spacial score (nSPS) is 30.4. The van der Waals surface area contributed by atoms with Crippen molar-refractivity contribution < 1.29 is 0 Å². The Morgan fingerprint density at radius 3 is 2.95 bits per heavy atom. The SMILES string of the molecule is CN(Cc1csc(Br)c1)CC1CCC2CCCCC2N1. The monoisotopic (exact) mass is 356 g/mol. The Morgan fingerprint density at radius 1 is 1.30 bits per heavy atom. The van der Waals surface area contributed by atoms with Crippen LogP contribution in [0.5, 0.6) is 0 Å². The van der Waals surface area contributed by atoms with E-state index in [1.54, 1.807) is 11.3 Å².